The normalized spacial score (nSPS) is 10.4. The minimum absolute atomic E-state index is 0.00889. The molecule has 0 bridgehead atoms. The van der Waals surface area contributed by atoms with Crippen LogP contribution >= 0.6 is 0 Å². The predicted molar refractivity (Wildman–Crippen MR) is 87.2 cm³/mol. The van der Waals surface area contributed by atoms with Crippen LogP contribution in [0.2, 0.25) is 0 Å². The first kappa shape index (κ1) is 15.4. The Morgan fingerprint density at radius 3 is 2.33 bits per heavy atom. The van der Waals surface area contributed by atoms with E-state index in [-0.39, 0.29) is 22.9 Å². The van der Waals surface area contributed by atoms with Crippen molar-refractivity contribution in [2.45, 2.75) is 0 Å². The van der Waals surface area contributed by atoms with Crippen LogP contribution in [0.3, 0.4) is 0 Å². The molecule has 118 valence electrons. The monoisotopic (exact) mass is 321 g/mol. The Balaban J connectivity index is 2.30. The van der Waals surface area contributed by atoms with Crippen molar-refractivity contribution in [3.63, 3.8) is 0 Å². The van der Waals surface area contributed by atoms with Crippen LogP contribution in [0.1, 0.15) is 5.69 Å². The van der Waals surface area contributed by atoms with Gasteiger partial charge in [-0.05, 0) is 30.3 Å². The van der Waals surface area contributed by atoms with Gasteiger partial charge in [0.05, 0.1) is 11.4 Å². The zero-order valence-electron chi connectivity index (χ0n) is 12.7. The van der Waals surface area contributed by atoms with Crippen molar-refractivity contribution in [2.75, 3.05) is 5.73 Å². The van der Waals surface area contributed by atoms with E-state index >= 15 is 0 Å². The van der Waals surface area contributed by atoms with E-state index in [2.05, 4.69) is 9.97 Å². The van der Waals surface area contributed by atoms with E-state index in [4.69, 9.17) is 11.0 Å². The molecule has 0 atom stereocenters. The number of nitrogens with zero attached hydrogens (tertiary/aromatic N) is 4. The number of halogens is 1. The van der Waals surface area contributed by atoms with Gasteiger partial charge in [-0.1, -0.05) is 0 Å². The standard InChI is InChI=1S/C17H12FN5O/c1-23-9-11(4-7-14(23)24)16-15(10-2-5-12(18)6-3-10)22-17(20)13(8-19)21-16/h2-7,9H,1H3,(H2,20,22). The fraction of sp³-hybridized carbons (Fsp3) is 0.0588. The van der Waals surface area contributed by atoms with Gasteiger partial charge in [0.25, 0.3) is 0 Å². The number of hydrogen-bond donors (Lipinski definition) is 1. The fourth-order valence-corrected chi connectivity index (χ4v) is 2.27. The molecule has 0 aliphatic carbocycles. The summed E-state index contributed by atoms with van der Waals surface area (Å²) in [6.45, 7) is 0. The molecular formula is C17H12FN5O. The van der Waals surface area contributed by atoms with Crippen LogP contribution in [0.5, 0.6) is 0 Å². The van der Waals surface area contributed by atoms with Gasteiger partial charge in [0, 0.05) is 30.4 Å². The summed E-state index contributed by atoms with van der Waals surface area (Å²) in [5.74, 6) is -0.387. The molecule has 0 radical (unpaired) electrons. The van der Waals surface area contributed by atoms with Gasteiger partial charge in [0.1, 0.15) is 11.9 Å². The summed E-state index contributed by atoms with van der Waals surface area (Å²) in [6.07, 6.45) is 1.59. The third-order valence-electron chi connectivity index (χ3n) is 3.51. The van der Waals surface area contributed by atoms with Crippen LogP contribution in [0, 0.1) is 17.1 Å². The van der Waals surface area contributed by atoms with Gasteiger partial charge < -0.3 is 10.3 Å². The van der Waals surface area contributed by atoms with E-state index in [0.29, 0.717) is 22.5 Å². The molecule has 3 aromatic rings. The average Bonchev–Trinajstić information content (AvgIpc) is 2.58. The van der Waals surface area contributed by atoms with E-state index in [9.17, 15) is 9.18 Å². The van der Waals surface area contributed by atoms with E-state index < -0.39 is 0 Å². The van der Waals surface area contributed by atoms with Crippen LogP contribution in [0.4, 0.5) is 10.2 Å². The molecular weight excluding hydrogens is 309 g/mol. The maximum Gasteiger partial charge on any atom is 0.250 e. The van der Waals surface area contributed by atoms with Crippen LogP contribution in [-0.4, -0.2) is 14.5 Å². The lowest BCUT2D eigenvalue weighted by Gasteiger charge is -2.11. The highest BCUT2D eigenvalue weighted by molar-refractivity contribution is 5.79. The van der Waals surface area contributed by atoms with Crippen molar-refractivity contribution in [3.8, 4) is 28.6 Å². The first-order valence-corrected chi connectivity index (χ1v) is 7.00. The molecule has 0 spiro atoms. The molecule has 0 aliphatic rings. The Bertz CT molecular complexity index is 1020. The number of rotatable bonds is 2. The van der Waals surface area contributed by atoms with Crippen LogP contribution in [0.25, 0.3) is 22.5 Å². The van der Waals surface area contributed by atoms with Gasteiger partial charge in [0.2, 0.25) is 5.56 Å². The topological polar surface area (TPSA) is 97.6 Å². The van der Waals surface area contributed by atoms with Crippen molar-refractivity contribution >= 4 is 5.82 Å². The smallest absolute Gasteiger partial charge is 0.250 e. The van der Waals surface area contributed by atoms with Gasteiger partial charge in [-0.2, -0.15) is 5.26 Å². The lowest BCUT2D eigenvalue weighted by atomic mass is 10.0. The average molecular weight is 321 g/mol. The highest BCUT2D eigenvalue weighted by Gasteiger charge is 2.16. The van der Waals surface area contributed by atoms with Crippen molar-refractivity contribution in [1.29, 1.82) is 5.26 Å². The lowest BCUT2D eigenvalue weighted by molar-refractivity contribution is 0.628. The maximum atomic E-state index is 13.2. The number of anilines is 1. The Labute approximate surface area is 136 Å². The molecule has 0 saturated heterocycles. The maximum absolute atomic E-state index is 13.2. The second-order valence-electron chi connectivity index (χ2n) is 5.14. The summed E-state index contributed by atoms with van der Waals surface area (Å²) in [5.41, 5.74) is 7.59. The summed E-state index contributed by atoms with van der Waals surface area (Å²) in [7, 11) is 1.61. The largest absolute Gasteiger partial charge is 0.381 e. The lowest BCUT2D eigenvalue weighted by Crippen LogP contribution is -2.14. The van der Waals surface area contributed by atoms with Crippen LogP contribution in [-0.2, 0) is 7.05 Å². The van der Waals surface area contributed by atoms with E-state index in [1.165, 1.54) is 22.8 Å². The van der Waals surface area contributed by atoms with Gasteiger partial charge in [0.15, 0.2) is 11.5 Å². The summed E-state index contributed by atoms with van der Waals surface area (Å²) in [5, 5.41) is 9.15. The molecule has 3 rings (SSSR count). The first-order valence-electron chi connectivity index (χ1n) is 7.00. The second-order valence-corrected chi connectivity index (χ2v) is 5.14. The predicted octanol–water partition coefficient (Wildman–Crippen LogP) is 2.10. The molecule has 24 heavy (non-hydrogen) atoms. The third-order valence-corrected chi connectivity index (χ3v) is 3.51. The molecule has 0 amide bonds. The number of aryl methyl sites for hydroxylation is 1. The van der Waals surface area contributed by atoms with Gasteiger partial charge in [-0.25, -0.2) is 14.4 Å². The molecule has 2 N–H and O–H groups in total. The molecule has 1 aromatic carbocycles. The Morgan fingerprint density at radius 1 is 1.08 bits per heavy atom. The molecule has 0 fully saturated rings. The van der Waals surface area contributed by atoms with Crippen molar-refractivity contribution in [3.05, 3.63) is 64.5 Å². The number of benzene rings is 1. The molecule has 0 aliphatic heterocycles. The number of aromatic nitrogens is 3. The van der Waals surface area contributed by atoms with Crippen LogP contribution in [0.15, 0.2) is 47.4 Å². The zero-order valence-corrected chi connectivity index (χ0v) is 12.7. The van der Waals surface area contributed by atoms with Gasteiger partial charge in [-0.15, -0.1) is 0 Å². The van der Waals surface area contributed by atoms with E-state index in [1.54, 1.807) is 31.4 Å². The SMILES string of the molecule is Cn1cc(-c2nc(C#N)c(N)nc2-c2ccc(F)cc2)ccc1=O. The quantitative estimate of drug-likeness (QED) is 0.779. The highest BCUT2D eigenvalue weighted by atomic mass is 19.1. The Morgan fingerprint density at radius 2 is 1.71 bits per heavy atom. The molecule has 0 unspecified atom stereocenters. The summed E-state index contributed by atoms with van der Waals surface area (Å²) >= 11 is 0. The summed E-state index contributed by atoms with van der Waals surface area (Å²) < 4.78 is 14.6. The van der Waals surface area contributed by atoms with Gasteiger partial charge in [-0.3, -0.25) is 4.79 Å². The second kappa shape index (κ2) is 5.93. The van der Waals surface area contributed by atoms with E-state index in [1.807, 2.05) is 6.07 Å². The number of nitrogen functional groups attached to an aromatic ring is 1. The van der Waals surface area contributed by atoms with Crippen molar-refractivity contribution in [1.82, 2.24) is 14.5 Å². The zero-order chi connectivity index (χ0) is 17.3. The number of hydrogen-bond acceptors (Lipinski definition) is 5. The molecule has 6 nitrogen and oxygen atoms in total. The fourth-order valence-electron chi connectivity index (χ4n) is 2.27. The minimum Gasteiger partial charge on any atom is -0.381 e. The van der Waals surface area contributed by atoms with Crippen molar-refractivity contribution in [2.24, 2.45) is 7.05 Å². The van der Waals surface area contributed by atoms with Gasteiger partial charge >= 0.3 is 0 Å². The summed E-state index contributed by atoms with van der Waals surface area (Å²) in [4.78, 5) is 20.1. The number of nitriles is 1. The summed E-state index contributed by atoms with van der Waals surface area (Å²) in [6, 6.07) is 10.6. The van der Waals surface area contributed by atoms with Crippen LogP contribution < -0.4 is 11.3 Å². The highest BCUT2D eigenvalue weighted by Crippen LogP contribution is 2.30. The number of pyridine rings is 1. The molecule has 2 aromatic heterocycles. The van der Waals surface area contributed by atoms with Crippen molar-refractivity contribution < 1.29 is 4.39 Å². The molecule has 0 saturated carbocycles. The third kappa shape index (κ3) is 2.73. The molecule has 2 heterocycles. The Hall–Kier alpha value is -3.53. The Kier molecular flexibility index (Phi) is 3.80. The minimum atomic E-state index is -0.378. The number of nitrogens with two attached hydrogens (primary N) is 1. The molecule has 7 heteroatoms. The van der Waals surface area contributed by atoms with E-state index in [0.717, 1.165) is 0 Å². The first-order chi connectivity index (χ1) is 11.5.